The van der Waals surface area contributed by atoms with Crippen molar-refractivity contribution in [3.8, 4) is 11.5 Å². The lowest BCUT2D eigenvalue weighted by molar-refractivity contribution is -0.385. The third-order valence-electron chi connectivity index (χ3n) is 5.06. The SMILES string of the molecule is COc1cc(/C=N\NC(=O)C[C@@H](NC(=O)c2ccccc2)c2ccccc2)c([N+](=O)[O-])cc1OC. The first-order chi connectivity index (χ1) is 16.9. The second kappa shape index (κ2) is 11.9. The van der Waals surface area contributed by atoms with Gasteiger partial charge in [-0.1, -0.05) is 48.5 Å². The monoisotopic (exact) mass is 476 g/mol. The lowest BCUT2D eigenvalue weighted by Gasteiger charge is -2.18. The highest BCUT2D eigenvalue weighted by atomic mass is 16.6. The molecule has 2 N–H and O–H groups in total. The molecule has 3 rings (SSSR count). The van der Waals surface area contributed by atoms with Crippen LogP contribution in [0.2, 0.25) is 0 Å². The third kappa shape index (κ3) is 6.64. The Morgan fingerprint density at radius 1 is 1.00 bits per heavy atom. The number of methoxy groups -OCH3 is 2. The number of hydrogen-bond donors (Lipinski definition) is 2. The van der Waals surface area contributed by atoms with Gasteiger partial charge < -0.3 is 14.8 Å². The van der Waals surface area contributed by atoms with Crippen LogP contribution in [0.3, 0.4) is 0 Å². The van der Waals surface area contributed by atoms with Gasteiger partial charge in [-0.25, -0.2) is 5.43 Å². The predicted molar refractivity (Wildman–Crippen MR) is 130 cm³/mol. The maximum atomic E-state index is 12.7. The van der Waals surface area contributed by atoms with Gasteiger partial charge in [-0.15, -0.1) is 0 Å². The Hall–Kier alpha value is -4.73. The van der Waals surface area contributed by atoms with Crippen LogP contribution in [-0.2, 0) is 4.79 Å². The van der Waals surface area contributed by atoms with Crippen molar-refractivity contribution in [1.29, 1.82) is 0 Å². The number of nitro groups is 1. The average Bonchev–Trinajstić information content (AvgIpc) is 2.88. The largest absolute Gasteiger partial charge is 0.493 e. The Bertz CT molecular complexity index is 1220. The molecule has 0 saturated carbocycles. The highest BCUT2D eigenvalue weighted by molar-refractivity contribution is 5.95. The van der Waals surface area contributed by atoms with E-state index < -0.39 is 16.9 Å². The molecular weight excluding hydrogens is 452 g/mol. The molecule has 10 nitrogen and oxygen atoms in total. The lowest BCUT2D eigenvalue weighted by Crippen LogP contribution is -2.32. The summed E-state index contributed by atoms with van der Waals surface area (Å²) in [4.78, 5) is 36.1. The van der Waals surface area contributed by atoms with E-state index in [0.717, 1.165) is 11.8 Å². The number of nitrogens with one attached hydrogen (secondary N) is 2. The van der Waals surface area contributed by atoms with Crippen LogP contribution >= 0.6 is 0 Å². The van der Waals surface area contributed by atoms with Crippen LogP contribution in [0.1, 0.15) is 33.9 Å². The molecule has 1 atom stereocenters. The molecule has 0 heterocycles. The van der Waals surface area contributed by atoms with E-state index in [-0.39, 0.29) is 35.1 Å². The molecule has 0 unspecified atom stereocenters. The Morgan fingerprint density at radius 3 is 2.20 bits per heavy atom. The van der Waals surface area contributed by atoms with E-state index in [2.05, 4.69) is 15.8 Å². The van der Waals surface area contributed by atoms with Crippen molar-refractivity contribution >= 4 is 23.7 Å². The molecule has 0 aromatic heterocycles. The second-order valence-electron chi connectivity index (χ2n) is 7.32. The predicted octanol–water partition coefficient (Wildman–Crippen LogP) is 3.62. The van der Waals surface area contributed by atoms with Gasteiger partial charge in [0.05, 0.1) is 49.4 Å². The fraction of sp³-hybridized carbons (Fsp3) is 0.160. The number of carbonyl (C=O) groups excluding carboxylic acids is 2. The van der Waals surface area contributed by atoms with Crippen molar-refractivity contribution < 1.29 is 24.0 Å². The van der Waals surface area contributed by atoms with Crippen molar-refractivity contribution in [2.45, 2.75) is 12.5 Å². The molecule has 3 aromatic carbocycles. The first-order valence-electron chi connectivity index (χ1n) is 10.6. The summed E-state index contributed by atoms with van der Waals surface area (Å²) < 4.78 is 10.3. The van der Waals surface area contributed by atoms with E-state index in [1.165, 1.54) is 26.4 Å². The van der Waals surface area contributed by atoms with Gasteiger partial charge >= 0.3 is 0 Å². The van der Waals surface area contributed by atoms with Crippen LogP contribution in [0.4, 0.5) is 5.69 Å². The van der Waals surface area contributed by atoms with Crippen molar-refractivity contribution in [3.05, 3.63) is 99.6 Å². The van der Waals surface area contributed by atoms with Crippen molar-refractivity contribution in [2.75, 3.05) is 14.2 Å². The highest BCUT2D eigenvalue weighted by Crippen LogP contribution is 2.33. The number of nitro benzene ring substituents is 1. The van der Waals surface area contributed by atoms with Crippen molar-refractivity contribution in [1.82, 2.24) is 10.7 Å². The zero-order valence-corrected chi connectivity index (χ0v) is 19.1. The summed E-state index contributed by atoms with van der Waals surface area (Å²) in [6.45, 7) is 0. The Labute approximate surface area is 201 Å². The molecule has 10 heteroatoms. The molecule has 0 aliphatic carbocycles. The van der Waals surface area contributed by atoms with E-state index in [1.807, 2.05) is 18.2 Å². The molecule has 0 bridgehead atoms. The number of nitrogens with zero attached hydrogens (tertiary/aromatic N) is 2. The number of ether oxygens (including phenoxy) is 2. The van der Waals surface area contributed by atoms with Crippen LogP contribution in [-0.4, -0.2) is 37.2 Å². The fourth-order valence-electron chi connectivity index (χ4n) is 3.32. The summed E-state index contributed by atoms with van der Waals surface area (Å²) in [6.07, 6.45) is 1.05. The standard InChI is InChI=1S/C25H24N4O6/c1-34-22-13-19(21(29(32)33)15-23(22)35-2)16-26-28-24(30)14-20(17-9-5-3-6-10-17)27-25(31)18-11-7-4-8-12-18/h3-13,15-16,20H,14H2,1-2H3,(H,27,31)(H,28,30)/b26-16-/t20-/m1/s1. The summed E-state index contributed by atoms with van der Waals surface area (Å²) >= 11 is 0. The average molecular weight is 476 g/mol. The second-order valence-corrected chi connectivity index (χ2v) is 7.32. The van der Waals surface area contributed by atoms with E-state index >= 15 is 0 Å². The molecule has 0 aliphatic rings. The number of hydrazone groups is 1. The Morgan fingerprint density at radius 2 is 1.60 bits per heavy atom. The van der Waals surface area contributed by atoms with Gasteiger partial charge in [0.15, 0.2) is 11.5 Å². The van der Waals surface area contributed by atoms with Crippen LogP contribution < -0.4 is 20.2 Å². The quantitative estimate of drug-likeness (QED) is 0.261. The van der Waals surface area contributed by atoms with E-state index in [0.29, 0.717) is 5.56 Å². The normalized spacial score (nSPS) is 11.5. The Kier molecular flexibility index (Phi) is 8.49. The lowest BCUT2D eigenvalue weighted by atomic mass is 10.0. The number of carbonyl (C=O) groups is 2. The van der Waals surface area contributed by atoms with Crippen LogP contribution in [0.25, 0.3) is 0 Å². The first kappa shape index (κ1) is 24.9. The molecule has 0 spiro atoms. The van der Waals surface area contributed by atoms with Gasteiger partial charge in [0.1, 0.15) is 0 Å². The summed E-state index contributed by atoms with van der Waals surface area (Å²) in [7, 11) is 2.77. The molecule has 0 radical (unpaired) electrons. The zero-order valence-electron chi connectivity index (χ0n) is 19.1. The molecule has 2 amide bonds. The minimum atomic E-state index is -0.616. The van der Waals surface area contributed by atoms with Crippen molar-refractivity contribution in [2.24, 2.45) is 5.10 Å². The smallest absolute Gasteiger partial charge is 0.282 e. The molecule has 0 aliphatic heterocycles. The number of benzene rings is 3. The van der Waals surface area contributed by atoms with Gasteiger partial charge in [0.2, 0.25) is 5.91 Å². The summed E-state index contributed by atoms with van der Waals surface area (Å²) in [5.41, 5.74) is 3.42. The zero-order chi connectivity index (χ0) is 25.2. The van der Waals surface area contributed by atoms with Gasteiger partial charge in [0, 0.05) is 5.56 Å². The number of amides is 2. The molecule has 0 saturated heterocycles. The van der Waals surface area contributed by atoms with Crippen LogP contribution in [0, 0.1) is 10.1 Å². The first-order valence-corrected chi connectivity index (χ1v) is 10.6. The number of hydrogen-bond acceptors (Lipinski definition) is 7. The highest BCUT2D eigenvalue weighted by Gasteiger charge is 2.20. The third-order valence-corrected chi connectivity index (χ3v) is 5.06. The molecule has 3 aromatic rings. The summed E-state index contributed by atoms with van der Waals surface area (Å²) in [5, 5.41) is 18.2. The van der Waals surface area contributed by atoms with Crippen molar-refractivity contribution in [3.63, 3.8) is 0 Å². The topological polar surface area (TPSA) is 132 Å². The maximum Gasteiger partial charge on any atom is 0.282 e. The van der Waals surface area contributed by atoms with Gasteiger partial charge in [-0.2, -0.15) is 5.10 Å². The Balaban J connectivity index is 1.74. The van der Waals surface area contributed by atoms with Crippen LogP contribution in [0.15, 0.2) is 77.9 Å². The van der Waals surface area contributed by atoms with Gasteiger partial charge in [-0.3, -0.25) is 19.7 Å². The van der Waals surface area contributed by atoms with Gasteiger partial charge in [-0.05, 0) is 23.8 Å². The number of rotatable bonds is 10. The maximum absolute atomic E-state index is 12.7. The molecular formula is C25H24N4O6. The summed E-state index contributed by atoms with van der Waals surface area (Å²) in [5.74, 6) is -0.345. The summed E-state index contributed by atoms with van der Waals surface area (Å²) in [6, 6.07) is 19.7. The molecule has 35 heavy (non-hydrogen) atoms. The van der Waals surface area contributed by atoms with E-state index in [1.54, 1.807) is 42.5 Å². The molecule has 0 fully saturated rings. The fourth-order valence-corrected chi connectivity index (χ4v) is 3.32. The van der Waals surface area contributed by atoms with E-state index in [9.17, 15) is 19.7 Å². The molecule has 180 valence electrons. The van der Waals surface area contributed by atoms with Crippen LogP contribution in [0.5, 0.6) is 11.5 Å². The van der Waals surface area contributed by atoms with E-state index in [4.69, 9.17) is 9.47 Å². The minimum absolute atomic E-state index is 0.103. The van der Waals surface area contributed by atoms with Gasteiger partial charge in [0.25, 0.3) is 11.6 Å². The minimum Gasteiger partial charge on any atom is -0.493 e.